The summed E-state index contributed by atoms with van der Waals surface area (Å²) in [7, 11) is 1.84. The Bertz CT molecular complexity index is 1170. The Kier molecular flexibility index (Phi) is 6.07. The number of nitrogens with one attached hydrogen (secondary N) is 1. The van der Waals surface area contributed by atoms with Gasteiger partial charge in [0.2, 0.25) is 5.91 Å². The van der Waals surface area contributed by atoms with Gasteiger partial charge in [0.05, 0.1) is 5.69 Å². The highest BCUT2D eigenvalue weighted by Crippen LogP contribution is 2.39. The lowest BCUT2D eigenvalue weighted by molar-refractivity contribution is -0.119. The van der Waals surface area contributed by atoms with E-state index in [4.69, 9.17) is 4.74 Å². The molecule has 0 saturated carbocycles. The third kappa shape index (κ3) is 4.27. The Hall–Kier alpha value is -3.87. The van der Waals surface area contributed by atoms with Crippen molar-refractivity contribution in [3.05, 3.63) is 77.5 Å². The van der Waals surface area contributed by atoms with Crippen molar-refractivity contribution in [3.8, 4) is 17.0 Å². The molecule has 1 N–H and O–H groups in total. The zero-order valence-corrected chi connectivity index (χ0v) is 18.3. The summed E-state index contributed by atoms with van der Waals surface area (Å²) in [5.41, 5.74) is 4.88. The van der Waals surface area contributed by atoms with Crippen LogP contribution in [0.25, 0.3) is 17.3 Å². The lowest BCUT2D eigenvalue weighted by atomic mass is 9.99. The molecule has 1 aliphatic rings. The molecule has 2 heterocycles. The zero-order valence-electron chi connectivity index (χ0n) is 18.3. The van der Waals surface area contributed by atoms with E-state index in [0.29, 0.717) is 25.3 Å². The average Bonchev–Trinajstić information content (AvgIpc) is 3.15. The Morgan fingerprint density at radius 1 is 1.25 bits per heavy atom. The Labute approximate surface area is 187 Å². The number of aryl methyl sites for hydroxylation is 1. The van der Waals surface area contributed by atoms with Gasteiger partial charge >= 0.3 is 0 Å². The van der Waals surface area contributed by atoms with Gasteiger partial charge in [-0.15, -0.1) is 0 Å². The van der Waals surface area contributed by atoms with Crippen molar-refractivity contribution in [1.82, 2.24) is 20.0 Å². The molecule has 1 aromatic heterocycles. The fraction of sp³-hybridized carbons (Fsp3) is 0.240. The fourth-order valence-corrected chi connectivity index (χ4v) is 3.92. The largest absolute Gasteiger partial charge is 0.488 e. The number of rotatable bonds is 7. The van der Waals surface area contributed by atoms with Crippen molar-refractivity contribution in [3.63, 3.8) is 0 Å². The highest BCUT2D eigenvalue weighted by Gasteiger charge is 2.30. The van der Waals surface area contributed by atoms with Crippen LogP contribution in [-0.2, 0) is 25.0 Å². The van der Waals surface area contributed by atoms with Gasteiger partial charge in [0, 0.05) is 44.7 Å². The van der Waals surface area contributed by atoms with Crippen LogP contribution in [0.2, 0.25) is 0 Å². The molecule has 0 aliphatic carbocycles. The van der Waals surface area contributed by atoms with E-state index in [1.54, 1.807) is 15.7 Å². The van der Waals surface area contributed by atoms with Crippen molar-refractivity contribution >= 4 is 17.9 Å². The summed E-state index contributed by atoms with van der Waals surface area (Å²) >= 11 is 0. The average molecular weight is 431 g/mol. The Morgan fingerprint density at radius 2 is 2.03 bits per heavy atom. The smallest absolute Gasteiger partial charge is 0.275 e. The van der Waals surface area contributed by atoms with Gasteiger partial charge in [-0.05, 0) is 23.3 Å². The van der Waals surface area contributed by atoms with Crippen molar-refractivity contribution < 1.29 is 14.3 Å². The van der Waals surface area contributed by atoms with Crippen LogP contribution in [0.1, 0.15) is 34.1 Å². The first-order chi connectivity index (χ1) is 15.5. The van der Waals surface area contributed by atoms with Crippen LogP contribution in [0.15, 0.2) is 55.1 Å². The minimum Gasteiger partial charge on any atom is -0.488 e. The van der Waals surface area contributed by atoms with Gasteiger partial charge in [0.25, 0.3) is 5.91 Å². The van der Waals surface area contributed by atoms with Crippen LogP contribution in [0.4, 0.5) is 0 Å². The molecule has 7 heteroatoms. The van der Waals surface area contributed by atoms with Crippen LogP contribution in [0, 0.1) is 0 Å². The van der Waals surface area contributed by atoms with E-state index in [-0.39, 0.29) is 18.4 Å². The van der Waals surface area contributed by atoms with Crippen molar-refractivity contribution in [2.45, 2.75) is 20.1 Å². The number of amides is 2. The maximum Gasteiger partial charge on any atom is 0.275 e. The quantitative estimate of drug-likeness (QED) is 0.623. The summed E-state index contributed by atoms with van der Waals surface area (Å²) in [5.74, 6) is 0.440. The molecular weight excluding hydrogens is 404 g/mol. The first-order valence-electron chi connectivity index (χ1n) is 10.5. The van der Waals surface area contributed by atoms with Crippen LogP contribution >= 0.6 is 0 Å². The van der Waals surface area contributed by atoms with Gasteiger partial charge in [-0.3, -0.25) is 14.3 Å². The molecule has 0 unspecified atom stereocenters. The monoisotopic (exact) mass is 430 g/mol. The number of fused-ring (bicyclic) bond motifs is 3. The standard InChI is InChI=1S/C25H26N4O3/c1-4-18-10-11-22-20(14-18)24-21(16-32-22)23(27-28(24)3)25(31)29(13-12-26-17(2)30)15-19-8-6-5-7-9-19/h4-11,14H,1,12-13,15-16H2,2-3H3,(H,26,30). The number of benzene rings is 2. The molecule has 4 rings (SSSR count). The van der Waals surface area contributed by atoms with Crippen LogP contribution in [-0.4, -0.2) is 39.6 Å². The van der Waals surface area contributed by atoms with E-state index in [1.807, 2.05) is 55.6 Å². The van der Waals surface area contributed by atoms with E-state index in [1.165, 1.54) is 6.92 Å². The summed E-state index contributed by atoms with van der Waals surface area (Å²) in [5, 5.41) is 7.35. The minimum atomic E-state index is -0.192. The predicted octanol–water partition coefficient (Wildman–Crippen LogP) is 3.40. The molecule has 0 saturated heterocycles. The Balaban J connectivity index is 1.68. The SMILES string of the molecule is C=Cc1ccc2c(c1)-c1c(c(C(=O)N(CCNC(C)=O)Cc3ccccc3)nn1C)CO2. The van der Waals surface area contributed by atoms with Crippen LogP contribution in [0.5, 0.6) is 5.75 Å². The first kappa shape index (κ1) is 21.4. The zero-order chi connectivity index (χ0) is 22.7. The van der Waals surface area contributed by atoms with Gasteiger partial charge in [0.1, 0.15) is 12.4 Å². The fourth-order valence-electron chi connectivity index (χ4n) is 3.92. The van der Waals surface area contributed by atoms with E-state index in [0.717, 1.165) is 33.7 Å². The van der Waals surface area contributed by atoms with Crippen LogP contribution < -0.4 is 10.1 Å². The second-order valence-corrected chi connectivity index (χ2v) is 7.74. The third-order valence-corrected chi connectivity index (χ3v) is 5.47. The highest BCUT2D eigenvalue weighted by molar-refractivity contribution is 5.96. The predicted molar refractivity (Wildman–Crippen MR) is 123 cm³/mol. The van der Waals surface area contributed by atoms with Gasteiger partial charge in [-0.1, -0.05) is 49.1 Å². The van der Waals surface area contributed by atoms with Gasteiger partial charge in [-0.25, -0.2) is 0 Å². The molecule has 0 atom stereocenters. The number of aromatic nitrogens is 2. The molecule has 32 heavy (non-hydrogen) atoms. The molecule has 0 radical (unpaired) electrons. The van der Waals surface area contributed by atoms with Gasteiger partial charge in [0.15, 0.2) is 5.69 Å². The number of nitrogens with zero attached hydrogens (tertiary/aromatic N) is 3. The maximum absolute atomic E-state index is 13.6. The normalized spacial score (nSPS) is 11.7. The minimum absolute atomic E-state index is 0.129. The third-order valence-electron chi connectivity index (χ3n) is 5.47. The molecule has 2 amide bonds. The van der Waals surface area contributed by atoms with E-state index < -0.39 is 0 Å². The highest BCUT2D eigenvalue weighted by atomic mass is 16.5. The lowest BCUT2D eigenvalue weighted by Crippen LogP contribution is -2.38. The number of hydrogen-bond donors (Lipinski definition) is 1. The molecule has 7 nitrogen and oxygen atoms in total. The van der Waals surface area contributed by atoms with Gasteiger partial charge < -0.3 is 15.0 Å². The topological polar surface area (TPSA) is 76.5 Å². The first-order valence-corrected chi connectivity index (χ1v) is 10.5. The van der Waals surface area contributed by atoms with E-state index >= 15 is 0 Å². The second-order valence-electron chi connectivity index (χ2n) is 7.74. The van der Waals surface area contributed by atoms with Gasteiger partial charge in [-0.2, -0.15) is 5.10 Å². The molecule has 2 aromatic carbocycles. The van der Waals surface area contributed by atoms with Crippen LogP contribution in [0.3, 0.4) is 0 Å². The summed E-state index contributed by atoms with van der Waals surface area (Å²) < 4.78 is 7.69. The summed E-state index contributed by atoms with van der Waals surface area (Å²) in [6.07, 6.45) is 1.78. The summed E-state index contributed by atoms with van der Waals surface area (Å²) in [6.45, 7) is 6.74. The van der Waals surface area contributed by atoms with Crippen molar-refractivity contribution in [2.24, 2.45) is 7.05 Å². The van der Waals surface area contributed by atoms with E-state index in [2.05, 4.69) is 17.0 Å². The molecule has 0 fully saturated rings. The molecule has 3 aromatic rings. The molecule has 0 bridgehead atoms. The number of carbonyl (C=O) groups is 2. The summed E-state index contributed by atoms with van der Waals surface area (Å²) in [6, 6.07) is 15.6. The Morgan fingerprint density at radius 3 is 2.75 bits per heavy atom. The van der Waals surface area contributed by atoms with E-state index in [9.17, 15) is 9.59 Å². The maximum atomic E-state index is 13.6. The number of hydrogen-bond acceptors (Lipinski definition) is 4. The lowest BCUT2D eigenvalue weighted by Gasteiger charge is -2.24. The van der Waals surface area contributed by atoms with Crippen molar-refractivity contribution in [1.29, 1.82) is 0 Å². The second kappa shape index (κ2) is 9.09. The molecular formula is C25H26N4O3. The molecule has 0 spiro atoms. The number of ether oxygens (including phenoxy) is 1. The van der Waals surface area contributed by atoms with Crippen molar-refractivity contribution in [2.75, 3.05) is 13.1 Å². The molecule has 1 aliphatic heterocycles. The summed E-state index contributed by atoms with van der Waals surface area (Å²) in [4.78, 5) is 26.7. The number of carbonyl (C=O) groups excluding carboxylic acids is 2. The molecule has 164 valence electrons.